The molecule has 0 radical (unpaired) electrons. The number of carbonyl (C=O) groups is 1. The van der Waals surface area contributed by atoms with Crippen LogP contribution in [0.25, 0.3) is 0 Å². The highest BCUT2D eigenvalue weighted by molar-refractivity contribution is 5.90. The van der Waals surface area contributed by atoms with E-state index < -0.39 is 17.1 Å². The summed E-state index contributed by atoms with van der Waals surface area (Å²) >= 11 is 0. The Hall–Kier alpha value is -1.85. The van der Waals surface area contributed by atoms with Crippen molar-refractivity contribution in [2.75, 3.05) is 20.2 Å². The lowest BCUT2D eigenvalue weighted by molar-refractivity contribution is -0.200. The highest BCUT2D eigenvalue weighted by Gasteiger charge is 2.73. The predicted octanol–water partition coefficient (Wildman–Crippen LogP) is 1.96. The number of nitrogens with zero attached hydrogens (tertiary/aromatic N) is 1. The average Bonchev–Trinajstić information content (AvgIpc) is 2.97. The molecule has 4 aliphatic rings. The number of carbonyl (C=O) groups excluding carboxylic acids is 1. The van der Waals surface area contributed by atoms with Crippen molar-refractivity contribution in [3.05, 3.63) is 35.9 Å². The van der Waals surface area contributed by atoms with Crippen molar-refractivity contribution in [3.63, 3.8) is 0 Å². The normalized spacial score (nSPS) is 38.2. The van der Waals surface area contributed by atoms with Gasteiger partial charge in [-0.2, -0.15) is 0 Å². The Labute approximate surface area is 147 Å². The van der Waals surface area contributed by atoms with Crippen LogP contribution in [0, 0.1) is 0 Å². The van der Waals surface area contributed by atoms with Gasteiger partial charge in [0, 0.05) is 38.2 Å². The van der Waals surface area contributed by atoms with Crippen LogP contribution in [0.2, 0.25) is 0 Å². The lowest BCUT2D eigenvalue weighted by Crippen LogP contribution is -2.77. The summed E-state index contributed by atoms with van der Waals surface area (Å²) in [6.45, 7) is 5.60. The Kier molecular flexibility index (Phi) is 3.00. The molecule has 1 unspecified atom stereocenters. The lowest BCUT2D eigenvalue weighted by Gasteiger charge is -2.64. The number of ketones is 1. The SMILES string of the molecule is C=CCN1CC[C@@]23c4c5ccc(O)c4OC2C(=O)CC[C@]3(OC)[C@@H]1C5. The number of phenolic OH excluding ortho intramolecular Hbond substituents is 1. The van der Waals surface area contributed by atoms with Crippen LogP contribution in [-0.2, 0) is 21.4 Å². The third kappa shape index (κ3) is 1.55. The first kappa shape index (κ1) is 15.4. The first-order valence-electron chi connectivity index (χ1n) is 9.04. The maximum Gasteiger partial charge on any atom is 0.174 e. The number of rotatable bonds is 3. The van der Waals surface area contributed by atoms with E-state index in [0.717, 1.165) is 31.5 Å². The van der Waals surface area contributed by atoms with E-state index in [1.165, 1.54) is 5.56 Å². The molecule has 132 valence electrons. The summed E-state index contributed by atoms with van der Waals surface area (Å²) in [7, 11) is 1.77. The molecule has 1 aromatic carbocycles. The van der Waals surface area contributed by atoms with Crippen molar-refractivity contribution in [1.82, 2.24) is 4.90 Å². The fourth-order valence-electron chi connectivity index (χ4n) is 6.19. The molecule has 5 heteroatoms. The van der Waals surface area contributed by atoms with Crippen molar-refractivity contribution < 1.29 is 19.4 Å². The molecular weight excluding hydrogens is 318 g/mol. The zero-order valence-electron chi connectivity index (χ0n) is 14.5. The second-order valence-corrected chi connectivity index (χ2v) is 7.73. The van der Waals surface area contributed by atoms with E-state index in [9.17, 15) is 9.90 Å². The van der Waals surface area contributed by atoms with Gasteiger partial charge in [-0.3, -0.25) is 9.69 Å². The second-order valence-electron chi connectivity index (χ2n) is 7.73. The minimum absolute atomic E-state index is 0.132. The molecule has 1 aromatic rings. The van der Waals surface area contributed by atoms with Gasteiger partial charge in [-0.15, -0.1) is 6.58 Å². The van der Waals surface area contributed by atoms with Crippen LogP contribution in [0.1, 0.15) is 30.4 Å². The van der Waals surface area contributed by atoms with Crippen molar-refractivity contribution in [2.24, 2.45) is 0 Å². The Bertz CT molecular complexity index is 790. The molecule has 1 N–H and O–H groups in total. The zero-order chi connectivity index (χ0) is 17.4. The van der Waals surface area contributed by atoms with Gasteiger partial charge in [0.25, 0.3) is 0 Å². The van der Waals surface area contributed by atoms with Crippen LogP contribution in [0.5, 0.6) is 11.5 Å². The average molecular weight is 341 g/mol. The highest BCUT2D eigenvalue weighted by atomic mass is 16.5. The third-order valence-electron chi connectivity index (χ3n) is 7.06. The first-order chi connectivity index (χ1) is 12.1. The molecule has 5 rings (SSSR count). The largest absolute Gasteiger partial charge is 0.504 e. The number of piperidine rings is 1. The van der Waals surface area contributed by atoms with Gasteiger partial charge in [-0.25, -0.2) is 0 Å². The van der Waals surface area contributed by atoms with E-state index in [2.05, 4.69) is 11.5 Å². The molecule has 2 fully saturated rings. The Morgan fingerprint density at radius 3 is 3.08 bits per heavy atom. The van der Waals surface area contributed by atoms with Gasteiger partial charge in [0.2, 0.25) is 0 Å². The number of likely N-dealkylation sites (tertiary alicyclic amines) is 1. The summed E-state index contributed by atoms with van der Waals surface area (Å²) in [5.41, 5.74) is 1.26. The number of phenols is 1. The van der Waals surface area contributed by atoms with E-state index >= 15 is 0 Å². The smallest absolute Gasteiger partial charge is 0.174 e. The number of aromatic hydroxyl groups is 1. The molecule has 2 bridgehead atoms. The summed E-state index contributed by atoms with van der Waals surface area (Å²) in [4.78, 5) is 15.2. The summed E-state index contributed by atoms with van der Waals surface area (Å²) in [6.07, 6.45) is 4.20. The number of hydrogen-bond acceptors (Lipinski definition) is 5. The Morgan fingerprint density at radius 1 is 1.48 bits per heavy atom. The van der Waals surface area contributed by atoms with E-state index in [1.807, 2.05) is 12.1 Å². The monoisotopic (exact) mass is 341 g/mol. The van der Waals surface area contributed by atoms with Gasteiger partial charge in [-0.05, 0) is 30.9 Å². The summed E-state index contributed by atoms with van der Waals surface area (Å²) in [5, 5.41) is 10.4. The molecule has 1 saturated heterocycles. The molecule has 1 spiro atoms. The molecule has 2 aliphatic carbocycles. The standard InChI is InChI=1S/C20H23NO4/c1-3-9-21-10-8-19-16-12-4-5-13(22)17(16)25-18(19)14(23)6-7-20(19,24-2)15(21)11-12/h3-5,15,18,22H,1,6-11H2,2H3/t15-,18?,19+,20-/m0/s1. The van der Waals surface area contributed by atoms with Gasteiger partial charge >= 0.3 is 0 Å². The molecule has 2 aliphatic heterocycles. The van der Waals surface area contributed by atoms with Gasteiger partial charge < -0.3 is 14.6 Å². The summed E-state index contributed by atoms with van der Waals surface area (Å²) < 4.78 is 12.4. The minimum Gasteiger partial charge on any atom is -0.504 e. The quantitative estimate of drug-likeness (QED) is 0.852. The molecule has 4 atom stereocenters. The molecule has 25 heavy (non-hydrogen) atoms. The maximum absolute atomic E-state index is 12.8. The minimum atomic E-state index is -0.545. The number of hydrogen-bond donors (Lipinski definition) is 1. The summed E-state index contributed by atoms with van der Waals surface area (Å²) in [6, 6.07) is 3.87. The molecule has 0 aromatic heterocycles. The molecule has 5 nitrogen and oxygen atoms in total. The number of ether oxygens (including phenoxy) is 2. The van der Waals surface area contributed by atoms with Gasteiger partial charge in [0.1, 0.15) is 0 Å². The highest BCUT2D eigenvalue weighted by Crippen LogP contribution is 2.65. The molecule has 2 heterocycles. The number of benzene rings is 1. The van der Waals surface area contributed by atoms with Gasteiger partial charge in [-0.1, -0.05) is 12.1 Å². The lowest BCUT2D eigenvalue weighted by atomic mass is 9.49. The number of Topliss-reactive ketones (excluding diaryl/α,β-unsaturated/α-hetero) is 1. The second kappa shape index (κ2) is 4.86. The maximum atomic E-state index is 12.8. The van der Waals surface area contributed by atoms with Crippen molar-refractivity contribution in [1.29, 1.82) is 0 Å². The molecule has 1 saturated carbocycles. The van der Waals surface area contributed by atoms with Crippen LogP contribution in [0.3, 0.4) is 0 Å². The topological polar surface area (TPSA) is 59.0 Å². The van der Waals surface area contributed by atoms with Gasteiger partial charge in [0.05, 0.1) is 11.0 Å². The van der Waals surface area contributed by atoms with E-state index in [1.54, 1.807) is 13.2 Å². The Morgan fingerprint density at radius 2 is 2.32 bits per heavy atom. The van der Waals surface area contributed by atoms with Gasteiger partial charge in [0.15, 0.2) is 23.4 Å². The predicted molar refractivity (Wildman–Crippen MR) is 92.1 cm³/mol. The van der Waals surface area contributed by atoms with Crippen molar-refractivity contribution in [2.45, 2.75) is 48.8 Å². The molecular formula is C20H23NO4. The fourth-order valence-corrected chi connectivity index (χ4v) is 6.19. The fraction of sp³-hybridized carbons (Fsp3) is 0.550. The van der Waals surface area contributed by atoms with Crippen LogP contribution < -0.4 is 4.74 Å². The van der Waals surface area contributed by atoms with Crippen LogP contribution in [0.4, 0.5) is 0 Å². The number of methoxy groups -OCH3 is 1. The van der Waals surface area contributed by atoms with Crippen LogP contribution >= 0.6 is 0 Å². The van der Waals surface area contributed by atoms with E-state index in [4.69, 9.17) is 9.47 Å². The first-order valence-corrected chi connectivity index (χ1v) is 9.04. The molecule has 0 amide bonds. The summed E-state index contributed by atoms with van der Waals surface area (Å²) in [5.74, 6) is 0.772. The van der Waals surface area contributed by atoms with E-state index in [0.29, 0.717) is 18.6 Å². The zero-order valence-corrected chi connectivity index (χ0v) is 14.5. The van der Waals surface area contributed by atoms with Crippen LogP contribution in [-0.4, -0.2) is 53.7 Å². The van der Waals surface area contributed by atoms with Crippen molar-refractivity contribution in [3.8, 4) is 11.5 Å². The van der Waals surface area contributed by atoms with Crippen LogP contribution in [0.15, 0.2) is 24.8 Å². The van der Waals surface area contributed by atoms with Crippen molar-refractivity contribution >= 4 is 5.78 Å². The Balaban J connectivity index is 1.81. The third-order valence-corrected chi connectivity index (χ3v) is 7.06. The van der Waals surface area contributed by atoms with E-state index in [-0.39, 0.29) is 17.6 Å².